The predicted octanol–water partition coefficient (Wildman–Crippen LogP) is 21.5. The lowest BCUT2D eigenvalue weighted by Gasteiger charge is -2.30. The molecule has 0 radical (unpaired) electrons. The quantitative estimate of drug-likeness (QED) is 0.0800. The van der Waals surface area contributed by atoms with E-state index in [9.17, 15) is 79.0 Å². The van der Waals surface area contributed by atoms with E-state index in [2.05, 4.69) is 28.1 Å². The molecule has 91 heavy (non-hydrogen) atoms. The Labute approximate surface area is 516 Å². The van der Waals surface area contributed by atoms with Crippen LogP contribution in [0.4, 0.5) is 79.0 Å². The first-order chi connectivity index (χ1) is 42.4. The van der Waals surface area contributed by atoms with Crippen LogP contribution in [0.1, 0.15) is 174 Å². The molecule has 24 heteroatoms. The van der Waals surface area contributed by atoms with Crippen LogP contribution in [0.25, 0.3) is 0 Å². The molecule has 9 rings (SSSR count). The normalized spacial score (nSPS) is 19.5. The van der Waals surface area contributed by atoms with Crippen LogP contribution in [0.3, 0.4) is 0 Å². The van der Waals surface area contributed by atoms with Crippen molar-refractivity contribution >= 4 is 0 Å². The van der Waals surface area contributed by atoms with Gasteiger partial charge >= 0.3 is 18.3 Å². The molecule has 6 nitrogen and oxygen atoms in total. The molecule has 3 aliphatic rings. The Kier molecular flexibility index (Phi) is 25.3. The molecule has 3 heterocycles. The van der Waals surface area contributed by atoms with Gasteiger partial charge in [-0.15, -0.1) is 0 Å². The van der Waals surface area contributed by atoms with Crippen molar-refractivity contribution in [3.8, 4) is 17.2 Å². The zero-order chi connectivity index (χ0) is 66.2. The monoisotopic (exact) mass is 1310 g/mol. The van der Waals surface area contributed by atoms with E-state index in [1.807, 2.05) is 6.92 Å². The van der Waals surface area contributed by atoms with Crippen LogP contribution < -0.4 is 14.2 Å². The third kappa shape index (κ3) is 18.4. The maximum absolute atomic E-state index is 14.5. The van der Waals surface area contributed by atoms with Gasteiger partial charge in [0.25, 0.3) is 0 Å². The SMILES string of the molecule is C.CCC1CCC(c2cc(F)c(C(F)(F)Oc3cc(F)c(C)c(F)c3)c(F)c2)OC1.CCCC1CCC(c2cc(F)c(C(F)(F)Oc3cc(F)c(C)c(F)c3)c(F)c2)OC1.CCCCC1CCC(c2cc(F)c(C(F)(F)Oc3cc(F)c(C)c(F)c3)c(F)c2)OC1. The molecule has 0 amide bonds. The second kappa shape index (κ2) is 31.3. The van der Waals surface area contributed by atoms with Crippen LogP contribution in [-0.4, -0.2) is 19.8 Å². The first kappa shape index (κ1) is 73.4. The molecule has 0 aromatic heterocycles. The number of hydrogen-bond acceptors (Lipinski definition) is 6. The van der Waals surface area contributed by atoms with E-state index in [1.165, 1.54) is 0 Å². The Hall–Kier alpha value is -6.66. The summed E-state index contributed by atoms with van der Waals surface area (Å²) in [5.74, 6) is -17.4. The molecule has 6 aromatic rings. The zero-order valence-electron chi connectivity index (χ0n) is 49.8. The van der Waals surface area contributed by atoms with Gasteiger partial charge in [0, 0.05) is 53.1 Å². The summed E-state index contributed by atoms with van der Waals surface area (Å²) in [6, 6.07) is 7.89. The van der Waals surface area contributed by atoms with Gasteiger partial charge in [0.2, 0.25) is 0 Å². The highest BCUT2D eigenvalue weighted by Crippen LogP contribution is 2.44. The van der Waals surface area contributed by atoms with Crippen molar-refractivity contribution in [2.45, 2.75) is 163 Å². The second-order valence-corrected chi connectivity index (χ2v) is 22.6. The van der Waals surface area contributed by atoms with Gasteiger partial charge in [-0.1, -0.05) is 53.9 Å². The van der Waals surface area contributed by atoms with Crippen molar-refractivity contribution in [2.24, 2.45) is 17.8 Å². The fourth-order valence-corrected chi connectivity index (χ4v) is 10.7. The topological polar surface area (TPSA) is 55.4 Å². The number of hydrogen-bond donors (Lipinski definition) is 0. The average Bonchev–Trinajstić information content (AvgIpc) is 0.813. The molecule has 3 fully saturated rings. The maximum Gasteiger partial charge on any atom is 0.432 e. The minimum Gasteiger partial charge on any atom is -0.429 e. The Balaban J connectivity index is 0.000000216. The van der Waals surface area contributed by atoms with Crippen molar-refractivity contribution in [3.05, 3.63) is 193 Å². The van der Waals surface area contributed by atoms with E-state index in [0.717, 1.165) is 115 Å². The third-order valence-electron chi connectivity index (χ3n) is 16.0. The van der Waals surface area contributed by atoms with Gasteiger partial charge in [-0.2, -0.15) is 26.3 Å². The van der Waals surface area contributed by atoms with Crippen LogP contribution in [0.5, 0.6) is 17.2 Å². The van der Waals surface area contributed by atoms with E-state index in [1.54, 1.807) is 0 Å². The summed E-state index contributed by atoms with van der Waals surface area (Å²) < 4.78 is 285. The van der Waals surface area contributed by atoms with Crippen LogP contribution in [0.2, 0.25) is 0 Å². The molecule has 0 spiro atoms. The second-order valence-electron chi connectivity index (χ2n) is 22.6. The molecule has 0 bridgehead atoms. The van der Waals surface area contributed by atoms with E-state index in [4.69, 9.17) is 14.2 Å². The zero-order valence-corrected chi connectivity index (χ0v) is 49.8. The Morgan fingerprint density at radius 3 is 0.824 bits per heavy atom. The molecule has 3 saturated heterocycles. The molecule has 3 aliphatic heterocycles. The standard InChI is InChI=1S/C23H24F6O2.C22H22F6O2.C21H20F6O2.CH4/c1-3-4-5-14-6-7-21(30-12-14)15-8-19(26)22(20(27)9-15)23(28,29)31-16-10-17(24)13(2)18(25)11-16;1-3-4-13-5-6-20(29-11-13)14-7-18(25)21(19(26)8-14)22(27,28)30-15-9-16(23)12(2)17(24)10-15;1-3-12-4-5-19(28-10-12)13-6-17(24)20(18(25)7-13)21(26,27)29-14-8-15(22)11(2)16(23)9-14;/h8-11,14,21H,3-7,12H2,1-2H3;7-10,13,20H,3-6,11H2,1-2H3;6-9,12,19H,3-5,10H2,1-2H3;1H4. The highest BCUT2D eigenvalue weighted by Gasteiger charge is 2.45. The van der Waals surface area contributed by atoms with Gasteiger partial charge in [-0.25, -0.2) is 52.7 Å². The lowest BCUT2D eigenvalue weighted by molar-refractivity contribution is -0.190. The van der Waals surface area contributed by atoms with Gasteiger partial charge in [-0.3, -0.25) is 0 Å². The fraction of sp³-hybridized carbons (Fsp3) is 0.463. The van der Waals surface area contributed by atoms with E-state index >= 15 is 0 Å². The molecule has 0 aliphatic carbocycles. The van der Waals surface area contributed by atoms with E-state index in [-0.39, 0.29) is 40.8 Å². The Morgan fingerprint density at radius 1 is 0.352 bits per heavy atom. The smallest absolute Gasteiger partial charge is 0.429 e. The summed E-state index contributed by atoms with van der Waals surface area (Å²) in [6.07, 6.45) is -5.18. The molecular weight excluding hydrogens is 1240 g/mol. The molecule has 0 N–H and O–H groups in total. The van der Waals surface area contributed by atoms with Crippen LogP contribution >= 0.6 is 0 Å². The summed E-state index contributed by atoms with van der Waals surface area (Å²) in [5, 5.41) is 0. The highest BCUT2D eigenvalue weighted by molar-refractivity contribution is 5.37. The van der Waals surface area contributed by atoms with Crippen molar-refractivity contribution in [3.63, 3.8) is 0 Å². The van der Waals surface area contributed by atoms with Crippen molar-refractivity contribution in [1.82, 2.24) is 0 Å². The van der Waals surface area contributed by atoms with Gasteiger partial charge in [0.15, 0.2) is 0 Å². The van der Waals surface area contributed by atoms with Gasteiger partial charge < -0.3 is 28.4 Å². The van der Waals surface area contributed by atoms with Gasteiger partial charge in [0.05, 0.1) is 38.1 Å². The number of benzene rings is 6. The summed E-state index contributed by atoms with van der Waals surface area (Å²) >= 11 is 0. The summed E-state index contributed by atoms with van der Waals surface area (Å²) in [6.45, 7) is 10.8. The number of halogens is 18. The summed E-state index contributed by atoms with van der Waals surface area (Å²) in [7, 11) is 0. The lowest BCUT2D eigenvalue weighted by Crippen LogP contribution is -2.26. The van der Waals surface area contributed by atoms with Crippen LogP contribution in [0.15, 0.2) is 72.8 Å². The summed E-state index contributed by atoms with van der Waals surface area (Å²) in [5.41, 5.74) is -5.71. The van der Waals surface area contributed by atoms with Gasteiger partial charge in [-0.05, 0) is 143 Å². The number of alkyl halides is 6. The van der Waals surface area contributed by atoms with Gasteiger partial charge in [0.1, 0.15) is 104 Å². The number of unbranched alkanes of at least 4 members (excludes halogenated alkanes) is 1. The average molecular weight is 1310 g/mol. The predicted molar refractivity (Wildman–Crippen MR) is 302 cm³/mol. The van der Waals surface area contributed by atoms with Crippen LogP contribution in [0, 0.1) is 108 Å². The Morgan fingerprint density at radius 2 is 0.604 bits per heavy atom. The molecular formula is C67H70F18O6. The fourth-order valence-electron chi connectivity index (χ4n) is 10.7. The third-order valence-corrected chi connectivity index (χ3v) is 16.0. The molecule has 6 aromatic carbocycles. The van der Waals surface area contributed by atoms with E-state index < -0.39 is 140 Å². The molecule has 6 atom stereocenters. The minimum atomic E-state index is -4.49. The highest BCUT2D eigenvalue weighted by atomic mass is 19.3. The van der Waals surface area contributed by atoms with Crippen molar-refractivity contribution in [1.29, 1.82) is 0 Å². The Bertz CT molecular complexity index is 3290. The molecule has 6 unspecified atom stereocenters. The van der Waals surface area contributed by atoms with E-state index in [0.29, 0.717) is 93.2 Å². The first-order valence-corrected chi connectivity index (χ1v) is 29.3. The minimum absolute atomic E-state index is 0. The van der Waals surface area contributed by atoms with Crippen LogP contribution in [-0.2, 0) is 32.5 Å². The molecule has 500 valence electrons. The lowest BCUT2D eigenvalue weighted by atomic mass is 9.91. The first-order valence-electron chi connectivity index (χ1n) is 29.3. The number of ether oxygens (including phenoxy) is 6. The largest absolute Gasteiger partial charge is 0.432 e. The molecule has 0 saturated carbocycles. The number of rotatable bonds is 18. The maximum atomic E-state index is 14.5. The van der Waals surface area contributed by atoms with Crippen molar-refractivity contribution in [2.75, 3.05) is 19.8 Å². The van der Waals surface area contributed by atoms with Crippen molar-refractivity contribution < 1.29 is 107 Å². The summed E-state index contributed by atoms with van der Waals surface area (Å²) in [4.78, 5) is 0.